The summed E-state index contributed by atoms with van der Waals surface area (Å²) in [6, 6.07) is 4.25. The van der Waals surface area contributed by atoms with Crippen molar-refractivity contribution >= 4 is 38.5 Å². The third-order valence-corrected chi connectivity index (χ3v) is 6.25. The van der Waals surface area contributed by atoms with Crippen LogP contribution in [-0.2, 0) is 14.8 Å². The topological polar surface area (TPSA) is 109 Å². The van der Waals surface area contributed by atoms with Crippen LogP contribution in [0.5, 0.6) is 0 Å². The van der Waals surface area contributed by atoms with E-state index < -0.39 is 27.8 Å². The lowest BCUT2D eigenvalue weighted by atomic mass is 10.2. The summed E-state index contributed by atoms with van der Waals surface area (Å²) < 4.78 is 34.3. The summed E-state index contributed by atoms with van der Waals surface area (Å²) >= 11 is 6.22. The van der Waals surface area contributed by atoms with Gasteiger partial charge >= 0.3 is 6.09 Å². The van der Waals surface area contributed by atoms with Gasteiger partial charge < -0.3 is 14.7 Å². The Hall–Kier alpha value is -1.94. The SMILES string of the molecule is C[C@@H](CN(CCCCO)C(=O)OC(C)(C)C)NS(=O)(=O)c1cccc2cncc(Cl)c12. The van der Waals surface area contributed by atoms with Gasteiger partial charge in [0, 0.05) is 48.9 Å². The van der Waals surface area contributed by atoms with E-state index in [9.17, 15) is 13.2 Å². The maximum Gasteiger partial charge on any atom is 0.410 e. The Morgan fingerprint density at radius 1 is 1.29 bits per heavy atom. The molecule has 0 aliphatic carbocycles. The lowest BCUT2D eigenvalue weighted by Crippen LogP contribution is -2.46. The lowest BCUT2D eigenvalue weighted by Gasteiger charge is -2.29. The zero-order valence-electron chi connectivity index (χ0n) is 18.3. The highest BCUT2D eigenvalue weighted by molar-refractivity contribution is 7.89. The summed E-state index contributed by atoms with van der Waals surface area (Å²) in [7, 11) is -3.92. The van der Waals surface area contributed by atoms with Crippen LogP contribution in [0.1, 0.15) is 40.5 Å². The van der Waals surface area contributed by atoms with Crippen molar-refractivity contribution in [2.24, 2.45) is 0 Å². The van der Waals surface area contributed by atoms with E-state index in [1.54, 1.807) is 46.0 Å². The first kappa shape index (κ1) is 25.3. The molecule has 10 heteroatoms. The van der Waals surface area contributed by atoms with Crippen molar-refractivity contribution in [1.82, 2.24) is 14.6 Å². The molecule has 0 aliphatic rings. The van der Waals surface area contributed by atoms with Crippen molar-refractivity contribution in [3.05, 3.63) is 35.6 Å². The van der Waals surface area contributed by atoms with E-state index in [2.05, 4.69) is 9.71 Å². The second-order valence-electron chi connectivity index (χ2n) is 8.35. The number of halogens is 1. The Morgan fingerprint density at radius 2 is 2.00 bits per heavy atom. The summed E-state index contributed by atoms with van der Waals surface area (Å²) in [6.45, 7) is 7.44. The second-order valence-corrected chi connectivity index (χ2v) is 10.4. The van der Waals surface area contributed by atoms with Gasteiger partial charge in [0.15, 0.2) is 0 Å². The standard InChI is InChI=1S/C21H30ClN3O5S/c1-15(14-25(10-5-6-11-26)20(27)30-21(2,3)4)24-31(28,29)18-9-7-8-16-12-23-13-17(22)19(16)18/h7-9,12-13,15,24,26H,5-6,10-11,14H2,1-4H3/t15-/m0/s1. The molecule has 1 aromatic heterocycles. The molecule has 1 heterocycles. The third-order valence-electron chi connectivity index (χ3n) is 4.33. The van der Waals surface area contributed by atoms with Gasteiger partial charge in [-0.05, 0) is 46.6 Å². The normalized spacial score (nSPS) is 13.2. The smallest absolute Gasteiger partial charge is 0.410 e. The average molecular weight is 472 g/mol. The number of benzene rings is 1. The monoisotopic (exact) mass is 471 g/mol. The van der Waals surface area contributed by atoms with Gasteiger partial charge in [0.05, 0.1) is 9.92 Å². The predicted molar refractivity (Wildman–Crippen MR) is 121 cm³/mol. The first-order chi connectivity index (χ1) is 14.4. The van der Waals surface area contributed by atoms with Crippen LogP contribution in [0.2, 0.25) is 5.02 Å². The molecule has 1 amide bonds. The molecule has 0 unspecified atom stereocenters. The van der Waals surface area contributed by atoms with Crippen LogP contribution in [-0.4, -0.2) is 60.8 Å². The minimum Gasteiger partial charge on any atom is -0.444 e. The Kier molecular flexibility index (Phi) is 8.65. The molecule has 2 aromatic rings. The Morgan fingerprint density at radius 3 is 2.65 bits per heavy atom. The number of aromatic nitrogens is 1. The number of nitrogens with zero attached hydrogens (tertiary/aromatic N) is 2. The van der Waals surface area contributed by atoms with E-state index in [1.807, 2.05) is 0 Å². The predicted octanol–water partition coefficient (Wildman–Crippen LogP) is 3.56. The minimum absolute atomic E-state index is 0.0149. The Balaban J connectivity index is 2.21. The van der Waals surface area contributed by atoms with Crippen LogP contribution in [0.25, 0.3) is 10.8 Å². The van der Waals surface area contributed by atoms with Gasteiger partial charge in [-0.25, -0.2) is 17.9 Å². The Labute approximate surface area is 188 Å². The number of carbonyl (C=O) groups excluding carboxylic acids is 1. The van der Waals surface area contributed by atoms with Crippen LogP contribution in [0.3, 0.4) is 0 Å². The van der Waals surface area contributed by atoms with Crippen LogP contribution >= 0.6 is 11.6 Å². The number of sulfonamides is 1. The van der Waals surface area contributed by atoms with E-state index in [0.29, 0.717) is 30.2 Å². The van der Waals surface area contributed by atoms with E-state index in [4.69, 9.17) is 21.4 Å². The molecule has 0 saturated carbocycles. The third kappa shape index (κ3) is 7.31. The number of aliphatic hydroxyl groups is 1. The number of ether oxygens (including phenoxy) is 1. The summed E-state index contributed by atoms with van der Waals surface area (Å²) in [5, 5.41) is 10.3. The average Bonchev–Trinajstić information content (AvgIpc) is 2.65. The van der Waals surface area contributed by atoms with Gasteiger partial charge in [-0.15, -0.1) is 0 Å². The largest absolute Gasteiger partial charge is 0.444 e. The molecule has 0 radical (unpaired) electrons. The highest BCUT2D eigenvalue weighted by atomic mass is 35.5. The summed E-state index contributed by atoms with van der Waals surface area (Å²) in [5.74, 6) is 0. The molecule has 0 bridgehead atoms. The Bertz CT molecular complexity index is 1000. The molecule has 0 fully saturated rings. The highest BCUT2D eigenvalue weighted by Gasteiger charge is 2.26. The van der Waals surface area contributed by atoms with Crippen molar-refractivity contribution in [2.75, 3.05) is 19.7 Å². The first-order valence-electron chi connectivity index (χ1n) is 10.1. The quantitative estimate of drug-likeness (QED) is 0.541. The van der Waals surface area contributed by atoms with Crippen molar-refractivity contribution in [3.63, 3.8) is 0 Å². The van der Waals surface area contributed by atoms with Gasteiger partial charge in [0.1, 0.15) is 5.60 Å². The number of nitrogens with one attached hydrogen (secondary N) is 1. The summed E-state index contributed by atoms with van der Waals surface area (Å²) in [6.07, 6.45) is 3.52. The molecule has 1 atom stereocenters. The number of aliphatic hydroxyl groups excluding tert-OH is 1. The number of amides is 1. The number of carbonyl (C=O) groups is 1. The summed E-state index contributed by atoms with van der Waals surface area (Å²) in [4.78, 5) is 18.1. The van der Waals surface area contributed by atoms with Crippen LogP contribution in [0.15, 0.2) is 35.5 Å². The number of unbranched alkanes of at least 4 members (excludes halogenated alkanes) is 1. The zero-order chi connectivity index (χ0) is 23.2. The van der Waals surface area contributed by atoms with E-state index in [1.165, 1.54) is 17.2 Å². The number of fused-ring (bicyclic) bond motifs is 1. The van der Waals surface area contributed by atoms with E-state index >= 15 is 0 Å². The molecule has 0 saturated heterocycles. The molecule has 8 nitrogen and oxygen atoms in total. The zero-order valence-corrected chi connectivity index (χ0v) is 19.8. The molecule has 0 spiro atoms. The fourth-order valence-corrected chi connectivity index (χ4v) is 4.89. The number of hydrogen-bond acceptors (Lipinski definition) is 6. The summed E-state index contributed by atoms with van der Waals surface area (Å²) in [5.41, 5.74) is -0.678. The fourth-order valence-electron chi connectivity index (χ4n) is 3.08. The highest BCUT2D eigenvalue weighted by Crippen LogP contribution is 2.29. The van der Waals surface area contributed by atoms with Gasteiger partial charge in [0.2, 0.25) is 10.0 Å². The maximum atomic E-state index is 13.1. The molecule has 0 aliphatic heterocycles. The molecular formula is C21H30ClN3O5S. The van der Waals surface area contributed by atoms with Crippen LogP contribution in [0.4, 0.5) is 4.79 Å². The van der Waals surface area contributed by atoms with Crippen molar-refractivity contribution in [2.45, 2.75) is 57.1 Å². The molecular weight excluding hydrogens is 442 g/mol. The van der Waals surface area contributed by atoms with Gasteiger partial charge in [-0.3, -0.25) is 4.98 Å². The van der Waals surface area contributed by atoms with Crippen molar-refractivity contribution in [1.29, 1.82) is 0 Å². The van der Waals surface area contributed by atoms with Gasteiger partial charge in [-0.1, -0.05) is 23.7 Å². The van der Waals surface area contributed by atoms with Crippen molar-refractivity contribution < 1.29 is 23.1 Å². The second kappa shape index (κ2) is 10.6. The van der Waals surface area contributed by atoms with E-state index in [-0.39, 0.29) is 23.1 Å². The maximum absolute atomic E-state index is 13.1. The fraction of sp³-hybridized carbons (Fsp3) is 0.524. The van der Waals surface area contributed by atoms with E-state index in [0.717, 1.165) is 0 Å². The minimum atomic E-state index is -3.92. The number of hydrogen-bond donors (Lipinski definition) is 2. The molecule has 2 N–H and O–H groups in total. The van der Waals surface area contributed by atoms with Crippen molar-refractivity contribution in [3.8, 4) is 0 Å². The van der Waals surface area contributed by atoms with Crippen LogP contribution in [0, 0.1) is 0 Å². The lowest BCUT2D eigenvalue weighted by molar-refractivity contribution is 0.0233. The molecule has 2 rings (SSSR count). The number of rotatable bonds is 9. The molecule has 1 aromatic carbocycles. The molecule has 172 valence electrons. The van der Waals surface area contributed by atoms with Crippen LogP contribution < -0.4 is 4.72 Å². The van der Waals surface area contributed by atoms with Gasteiger partial charge in [-0.2, -0.15) is 0 Å². The number of pyridine rings is 1. The molecule has 31 heavy (non-hydrogen) atoms. The van der Waals surface area contributed by atoms with Gasteiger partial charge in [0.25, 0.3) is 0 Å². The first-order valence-corrected chi connectivity index (χ1v) is 11.9.